The molecular weight excluding hydrogens is 403 g/mol. The summed E-state index contributed by atoms with van der Waals surface area (Å²) >= 11 is 18.9. The van der Waals surface area contributed by atoms with Gasteiger partial charge in [0.25, 0.3) is 3.79 Å². The van der Waals surface area contributed by atoms with Gasteiger partial charge in [0.15, 0.2) is 0 Å². The minimum Gasteiger partial charge on any atom is -0.304 e. The van der Waals surface area contributed by atoms with Crippen LogP contribution in [0.1, 0.15) is 31.9 Å². The van der Waals surface area contributed by atoms with Gasteiger partial charge in [0.05, 0.1) is 0 Å². The smallest absolute Gasteiger partial charge is 0.262 e. The quantitative estimate of drug-likeness (QED) is 0.526. The molecule has 0 heterocycles. The second-order valence-corrected chi connectivity index (χ2v) is 10.1. The van der Waals surface area contributed by atoms with Crippen molar-refractivity contribution in [3.8, 4) is 0 Å². The number of benzene rings is 2. The molecule has 0 bridgehead atoms. The highest BCUT2D eigenvalue weighted by Crippen LogP contribution is 2.29. The second kappa shape index (κ2) is 9.29. The molecule has 3 nitrogen and oxygen atoms in total. The fourth-order valence-corrected chi connectivity index (χ4v) is 3.37. The van der Waals surface area contributed by atoms with Gasteiger partial charge in [0.1, 0.15) is 13.1 Å². The Balaban J connectivity index is 2.34. The molecule has 0 aromatic heterocycles. The topological polar surface area (TPSA) is 33.5 Å². The van der Waals surface area contributed by atoms with Crippen LogP contribution in [-0.2, 0) is 17.9 Å². The molecule has 2 aromatic rings. The first-order valence-corrected chi connectivity index (χ1v) is 10.0. The molecule has 6 heteroatoms. The van der Waals surface area contributed by atoms with E-state index in [1.54, 1.807) is 0 Å². The summed E-state index contributed by atoms with van der Waals surface area (Å²) in [5.41, 5.74) is 1.62. The molecule has 0 spiro atoms. The van der Waals surface area contributed by atoms with E-state index >= 15 is 0 Å². The molecule has 0 saturated carbocycles. The number of hydrogen-bond donors (Lipinski definition) is 2. The molecule has 0 saturated heterocycles. The van der Waals surface area contributed by atoms with Crippen LogP contribution in [0.5, 0.6) is 0 Å². The first kappa shape index (κ1) is 22.0. The van der Waals surface area contributed by atoms with Gasteiger partial charge >= 0.3 is 0 Å². The molecule has 2 aromatic carbocycles. The minimum atomic E-state index is -1.65. The fraction of sp³-hybridized carbons (Fsp3) is 0.381. The monoisotopic (exact) mass is 427 g/mol. The van der Waals surface area contributed by atoms with Crippen LogP contribution < -0.4 is 10.2 Å². The summed E-state index contributed by atoms with van der Waals surface area (Å²) in [6.45, 7) is 6.74. The summed E-state index contributed by atoms with van der Waals surface area (Å²) in [6.07, 6.45) is -0.699. The Hall–Kier alpha value is -1.26. The Kier molecular flexibility index (Phi) is 7.58. The van der Waals surface area contributed by atoms with Gasteiger partial charge in [-0.15, -0.1) is 0 Å². The fourth-order valence-electron chi connectivity index (χ4n) is 2.75. The first-order valence-electron chi connectivity index (χ1n) is 8.87. The van der Waals surface area contributed by atoms with E-state index in [9.17, 15) is 4.79 Å². The molecule has 146 valence electrons. The average Bonchev–Trinajstić information content (AvgIpc) is 2.59. The third-order valence-electron chi connectivity index (χ3n) is 4.24. The van der Waals surface area contributed by atoms with Crippen LogP contribution in [-0.4, -0.2) is 15.9 Å². The van der Waals surface area contributed by atoms with E-state index in [1.165, 1.54) is 0 Å². The van der Waals surface area contributed by atoms with E-state index in [1.807, 2.05) is 81.4 Å². The summed E-state index contributed by atoms with van der Waals surface area (Å²) in [5, 5.41) is 2.97. The number of amides is 1. The maximum Gasteiger partial charge on any atom is 0.262 e. The maximum atomic E-state index is 12.6. The molecule has 0 aliphatic rings. The highest BCUT2D eigenvalue weighted by atomic mass is 35.6. The van der Waals surface area contributed by atoms with Gasteiger partial charge in [-0.1, -0.05) is 116 Å². The van der Waals surface area contributed by atoms with Crippen molar-refractivity contribution < 1.29 is 9.69 Å². The Morgan fingerprint density at radius 2 is 1.30 bits per heavy atom. The number of carbonyl (C=O) groups excluding carboxylic acids is 1. The van der Waals surface area contributed by atoms with E-state index in [2.05, 4.69) is 5.32 Å². The number of halogens is 3. The Morgan fingerprint density at radius 1 is 0.889 bits per heavy atom. The molecule has 0 radical (unpaired) electrons. The zero-order chi connectivity index (χ0) is 20.1. The molecule has 2 rings (SSSR count). The molecule has 0 aliphatic heterocycles. The Morgan fingerprint density at radius 3 is 1.63 bits per heavy atom. The predicted octanol–water partition coefficient (Wildman–Crippen LogP) is 4.13. The van der Waals surface area contributed by atoms with Crippen molar-refractivity contribution in [1.29, 1.82) is 0 Å². The lowest BCUT2D eigenvalue weighted by atomic mass is 9.95. The lowest BCUT2D eigenvalue weighted by Crippen LogP contribution is -3.17. The number of carbonyl (C=O) groups is 1. The summed E-state index contributed by atoms with van der Waals surface area (Å²) in [5.74, 6) is -0.155. The Bertz CT molecular complexity index is 683. The minimum absolute atomic E-state index is 0.155. The van der Waals surface area contributed by atoms with Crippen molar-refractivity contribution in [1.82, 2.24) is 5.32 Å². The molecule has 0 fully saturated rings. The molecule has 27 heavy (non-hydrogen) atoms. The van der Waals surface area contributed by atoms with Crippen molar-refractivity contribution in [3.05, 3.63) is 71.8 Å². The molecule has 0 unspecified atom stereocenters. The molecular formula is C21H26Cl3N2O+. The van der Waals surface area contributed by atoms with E-state index in [0.29, 0.717) is 13.1 Å². The van der Waals surface area contributed by atoms with Crippen LogP contribution >= 0.6 is 34.8 Å². The van der Waals surface area contributed by atoms with Crippen molar-refractivity contribution >= 4 is 40.7 Å². The second-order valence-electron chi connectivity index (χ2n) is 7.68. The largest absolute Gasteiger partial charge is 0.304 e. The number of hydrogen-bond acceptors (Lipinski definition) is 1. The predicted molar refractivity (Wildman–Crippen MR) is 113 cm³/mol. The van der Waals surface area contributed by atoms with Crippen molar-refractivity contribution in [3.63, 3.8) is 0 Å². The lowest BCUT2D eigenvalue weighted by Gasteiger charge is -2.35. The SMILES string of the molecule is CC(C)(C)C(=O)N[C@@H]([NH+](Cc1ccccc1)Cc1ccccc1)C(Cl)(Cl)Cl. The maximum absolute atomic E-state index is 12.6. The third-order valence-corrected chi connectivity index (χ3v) is 4.89. The van der Waals surface area contributed by atoms with Gasteiger partial charge in [-0.25, -0.2) is 0 Å². The van der Waals surface area contributed by atoms with Crippen LogP contribution in [0, 0.1) is 5.41 Å². The van der Waals surface area contributed by atoms with Gasteiger partial charge in [0.2, 0.25) is 12.1 Å². The molecule has 0 aliphatic carbocycles. The third kappa shape index (κ3) is 7.00. The van der Waals surface area contributed by atoms with Gasteiger partial charge < -0.3 is 10.2 Å². The van der Waals surface area contributed by atoms with E-state index in [4.69, 9.17) is 34.8 Å². The zero-order valence-electron chi connectivity index (χ0n) is 15.8. The zero-order valence-corrected chi connectivity index (χ0v) is 18.1. The summed E-state index contributed by atoms with van der Waals surface area (Å²) < 4.78 is -1.65. The highest BCUT2D eigenvalue weighted by molar-refractivity contribution is 6.68. The summed E-state index contributed by atoms with van der Waals surface area (Å²) in [4.78, 5) is 13.6. The van der Waals surface area contributed by atoms with Gasteiger partial charge in [-0.05, 0) is 0 Å². The van der Waals surface area contributed by atoms with Gasteiger partial charge in [-0.3, -0.25) is 4.79 Å². The standard InChI is InChI=1S/C21H25Cl3N2O/c1-20(2,3)19(27)25-18(21(22,23)24)26(14-16-10-6-4-7-11-16)15-17-12-8-5-9-13-17/h4-13,18H,14-15H2,1-3H3,(H,25,27)/p+1/t18-/m0/s1. The van der Waals surface area contributed by atoms with E-state index in [-0.39, 0.29) is 5.91 Å². The molecule has 1 atom stereocenters. The van der Waals surface area contributed by atoms with Gasteiger partial charge in [0, 0.05) is 16.5 Å². The normalized spacial score (nSPS) is 13.4. The summed E-state index contributed by atoms with van der Waals surface area (Å²) in [6, 6.07) is 20.0. The van der Waals surface area contributed by atoms with Gasteiger partial charge in [-0.2, -0.15) is 0 Å². The van der Waals surface area contributed by atoms with Crippen LogP contribution in [0.15, 0.2) is 60.7 Å². The van der Waals surface area contributed by atoms with Crippen LogP contribution in [0.4, 0.5) is 0 Å². The van der Waals surface area contributed by atoms with Crippen molar-refractivity contribution in [2.45, 2.75) is 43.8 Å². The van der Waals surface area contributed by atoms with E-state index < -0.39 is 15.4 Å². The Labute approximate surface area is 176 Å². The number of rotatable bonds is 6. The summed E-state index contributed by atoms with van der Waals surface area (Å²) in [7, 11) is 0. The number of quaternary nitrogens is 1. The van der Waals surface area contributed by atoms with Crippen LogP contribution in [0.25, 0.3) is 0 Å². The van der Waals surface area contributed by atoms with E-state index in [0.717, 1.165) is 16.0 Å². The van der Waals surface area contributed by atoms with Crippen molar-refractivity contribution in [2.24, 2.45) is 5.41 Å². The molecule has 1 amide bonds. The number of nitrogens with one attached hydrogen (secondary N) is 2. The van der Waals surface area contributed by atoms with Crippen LogP contribution in [0.2, 0.25) is 0 Å². The average molecular weight is 429 g/mol. The van der Waals surface area contributed by atoms with Crippen LogP contribution in [0.3, 0.4) is 0 Å². The highest BCUT2D eigenvalue weighted by Gasteiger charge is 2.43. The first-order chi connectivity index (χ1) is 12.6. The lowest BCUT2D eigenvalue weighted by molar-refractivity contribution is -0.954. The van der Waals surface area contributed by atoms with Crippen molar-refractivity contribution in [2.75, 3.05) is 0 Å². The number of alkyl halides is 3. The molecule has 2 N–H and O–H groups in total.